The van der Waals surface area contributed by atoms with Gasteiger partial charge in [0.1, 0.15) is 0 Å². The molecule has 0 spiro atoms. The van der Waals surface area contributed by atoms with Gasteiger partial charge in [-0.25, -0.2) is 8.78 Å². The van der Waals surface area contributed by atoms with Gasteiger partial charge in [-0.2, -0.15) is 0 Å². The van der Waals surface area contributed by atoms with Crippen LogP contribution >= 0.6 is 12.4 Å². The molecule has 1 rings (SSSR count). The van der Waals surface area contributed by atoms with Crippen molar-refractivity contribution in [2.24, 2.45) is 0 Å². The lowest BCUT2D eigenvalue weighted by Gasteiger charge is -2.06. The molecular formula is C12H17ClF2N2O. The molecular weight excluding hydrogens is 262 g/mol. The molecule has 1 amide bonds. The van der Waals surface area contributed by atoms with Gasteiger partial charge >= 0.3 is 0 Å². The first-order chi connectivity index (χ1) is 8.15. The van der Waals surface area contributed by atoms with Crippen molar-refractivity contribution in [1.82, 2.24) is 10.6 Å². The van der Waals surface area contributed by atoms with E-state index in [0.717, 1.165) is 12.6 Å². The van der Waals surface area contributed by atoms with Crippen LogP contribution in [0.4, 0.5) is 8.78 Å². The average Bonchev–Trinajstić information content (AvgIpc) is 2.31. The third kappa shape index (κ3) is 5.42. The van der Waals surface area contributed by atoms with E-state index in [1.54, 1.807) is 0 Å². The first kappa shape index (κ1) is 16.8. The van der Waals surface area contributed by atoms with Gasteiger partial charge in [-0.05, 0) is 12.6 Å². The smallest absolute Gasteiger partial charge is 0.224 e. The molecule has 3 nitrogen and oxygen atoms in total. The highest BCUT2D eigenvalue weighted by atomic mass is 35.5. The minimum absolute atomic E-state index is 0. The van der Waals surface area contributed by atoms with E-state index in [0.29, 0.717) is 13.1 Å². The Hall–Kier alpha value is -1.20. The largest absolute Gasteiger partial charge is 0.355 e. The number of rotatable bonds is 6. The van der Waals surface area contributed by atoms with E-state index in [1.807, 2.05) is 6.92 Å². The third-order valence-corrected chi connectivity index (χ3v) is 2.26. The third-order valence-electron chi connectivity index (χ3n) is 2.26. The van der Waals surface area contributed by atoms with E-state index >= 15 is 0 Å². The van der Waals surface area contributed by atoms with Crippen molar-refractivity contribution in [2.45, 2.75) is 13.3 Å². The van der Waals surface area contributed by atoms with Gasteiger partial charge < -0.3 is 10.6 Å². The van der Waals surface area contributed by atoms with Crippen LogP contribution in [0.3, 0.4) is 0 Å². The van der Waals surface area contributed by atoms with E-state index in [4.69, 9.17) is 0 Å². The number of halogens is 3. The molecule has 18 heavy (non-hydrogen) atoms. The monoisotopic (exact) mass is 278 g/mol. The van der Waals surface area contributed by atoms with Crippen LogP contribution in [0.15, 0.2) is 18.2 Å². The molecule has 0 atom stereocenters. The number of carbonyl (C=O) groups is 1. The number of carbonyl (C=O) groups excluding carboxylic acids is 1. The van der Waals surface area contributed by atoms with E-state index in [1.165, 1.54) is 12.1 Å². The quantitative estimate of drug-likeness (QED) is 0.777. The molecule has 102 valence electrons. The molecule has 0 aliphatic carbocycles. The number of hydrogen-bond donors (Lipinski definition) is 2. The average molecular weight is 279 g/mol. The fourth-order valence-corrected chi connectivity index (χ4v) is 1.39. The van der Waals surface area contributed by atoms with Crippen LogP contribution in [0.1, 0.15) is 12.5 Å². The Morgan fingerprint density at radius 1 is 1.28 bits per heavy atom. The van der Waals surface area contributed by atoms with Crippen molar-refractivity contribution in [2.75, 3.05) is 19.6 Å². The Morgan fingerprint density at radius 3 is 2.67 bits per heavy atom. The Bertz CT molecular complexity index is 388. The van der Waals surface area contributed by atoms with Crippen LogP contribution in [-0.4, -0.2) is 25.5 Å². The van der Waals surface area contributed by atoms with Crippen molar-refractivity contribution in [3.63, 3.8) is 0 Å². The van der Waals surface area contributed by atoms with Gasteiger partial charge in [0, 0.05) is 18.7 Å². The molecule has 0 fully saturated rings. The molecule has 0 bridgehead atoms. The fraction of sp³-hybridized carbons (Fsp3) is 0.417. The summed E-state index contributed by atoms with van der Waals surface area (Å²) in [5.41, 5.74) is 0.0750. The van der Waals surface area contributed by atoms with Gasteiger partial charge in [0.2, 0.25) is 5.91 Å². The van der Waals surface area contributed by atoms with Crippen LogP contribution in [-0.2, 0) is 11.2 Å². The molecule has 0 heterocycles. The topological polar surface area (TPSA) is 41.1 Å². The van der Waals surface area contributed by atoms with Gasteiger partial charge in [-0.1, -0.05) is 19.1 Å². The number of likely N-dealkylation sites (N-methyl/N-ethyl adjacent to an activating group) is 1. The Kier molecular flexibility index (Phi) is 8.24. The van der Waals surface area contributed by atoms with Crippen molar-refractivity contribution in [3.8, 4) is 0 Å². The lowest BCUT2D eigenvalue weighted by Crippen LogP contribution is -2.32. The number of hydrogen-bond acceptors (Lipinski definition) is 2. The first-order valence-electron chi connectivity index (χ1n) is 5.55. The lowest BCUT2D eigenvalue weighted by atomic mass is 10.1. The lowest BCUT2D eigenvalue weighted by molar-refractivity contribution is -0.120. The van der Waals surface area contributed by atoms with Crippen LogP contribution in [0.5, 0.6) is 0 Å². The van der Waals surface area contributed by atoms with Gasteiger partial charge in [0.05, 0.1) is 6.42 Å². The Balaban J connectivity index is 0.00000289. The molecule has 0 saturated carbocycles. The fourth-order valence-electron chi connectivity index (χ4n) is 1.39. The second kappa shape index (κ2) is 8.83. The molecule has 1 aromatic carbocycles. The van der Waals surface area contributed by atoms with E-state index in [-0.39, 0.29) is 30.3 Å². The zero-order valence-corrected chi connectivity index (χ0v) is 10.9. The highest BCUT2D eigenvalue weighted by molar-refractivity contribution is 5.85. The van der Waals surface area contributed by atoms with Gasteiger partial charge in [0.15, 0.2) is 11.6 Å². The summed E-state index contributed by atoms with van der Waals surface area (Å²) >= 11 is 0. The van der Waals surface area contributed by atoms with E-state index < -0.39 is 11.6 Å². The van der Waals surface area contributed by atoms with Crippen LogP contribution < -0.4 is 10.6 Å². The van der Waals surface area contributed by atoms with E-state index in [2.05, 4.69) is 10.6 Å². The highest BCUT2D eigenvalue weighted by Gasteiger charge is 2.10. The van der Waals surface area contributed by atoms with Crippen LogP contribution in [0, 0.1) is 11.6 Å². The second-order valence-corrected chi connectivity index (χ2v) is 3.59. The van der Waals surface area contributed by atoms with Gasteiger partial charge in [-0.15, -0.1) is 12.4 Å². The molecule has 0 aliphatic rings. The summed E-state index contributed by atoms with van der Waals surface area (Å²) in [7, 11) is 0. The molecule has 0 radical (unpaired) electrons. The maximum absolute atomic E-state index is 13.2. The molecule has 0 unspecified atom stereocenters. The maximum atomic E-state index is 13.2. The summed E-state index contributed by atoms with van der Waals surface area (Å²) in [5.74, 6) is -2.19. The standard InChI is InChI=1S/C12H16F2N2O.ClH/c1-2-15-6-7-16-11(17)8-9-4-3-5-10(13)12(9)14;/h3-5,15H,2,6-8H2,1H3,(H,16,17);1H. The number of benzene rings is 1. The molecule has 0 saturated heterocycles. The maximum Gasteiger partial charge on any atom is 0.224 e. The predicted molar refractivity (Wildman–Crippen MR) is 68.9 cm³/mol. The predicted octanol–water partition coefficient (Wildman–Crippen LogP) is 1.65. The summed E-state index contributed by atoms with van der Waals surface area (Å²) in [6, 6.07) is 3.82. The Morgan fingerprint density at radius 2 is 2.00 bits per heavy atom. The summed E-state index contributed by atoms with van der Waals surface area (Å²) in [6.45, 7) is 3.93. The SMILES string of the molecule is CCNCCNC(=O)Cc1cccc(F)c1F.Cl. The highest BCUT2D eigenvalue weighted by Crippen LogP contribution is 2.11. The normalized spacial score (nSPS) is 9.72. The summed E-state index contributed by atoms with van der Waals surface area (Å²) in [4.78, 5) is 11.4. The van der Waals surface area contributed by atoms with Crippen molar-refractivity contribution < 1.29 is 13.6 Å². The minimum Gasteiger partial charge on any atom is -0.355 e. The van der Waals surface area contributed by atoms with Crippen LogP contribution in [0.25, 0.3) is 0 Å². The molecule has 6 heteroatoms. The summed E-state index contributed by atoms with van der Waals surface area (Å²) in [5, 5.41) is 5.66. The Labute approximate surface area is 111 Å². The number of nitrogens with one attached hydrogen (secondary N) is 2. The minimum atomic E-state index is -0.950. The summed E-state index contributed by atoms with van der Waals surface area (Å²) < 4.78 is 26.1. The zero-order chi connectivity index (χ0) is 12.7. The van der Waals surface area contributed by atoms with Crippen molar-refractivity contribution in [3.05, 3.63) is 35.4 Å². The molecule has 1 aromatic rings. The van der Waals surface area contributed by atoms with E-state index in [9.17, 15) is 13.6 Å². The molecule has 0 aliphatic heterocycles. The van der Waals surface area contributed by atoms with Crippen molar-refractivity contribution >= 4 is 18.3 Å². The van der Waals surface area contributed by atoms with Gasteiger partial charge in [-0.3, -0.25) is 4.79 Å². The van der Waals surface area contributed by atoms with Crippen LogP contribution in [0.2, 0.25) is 0 Å². The number of amides is 1. The molecule has 2 N–H and O–H groups in total. The first-order valence-corrected chi connectivity index (χ1v) is 5.55. The summed E-state index contributed by atoms with van der Waals surface area (Å²) in [6.07, 6.45) is -0.143. The molecule has 0 aromatic heterocycles. The zero-order valence-electron chi connectivity index (χ0n) is 10.1. The van der Waals surface area contributed by atoms with Crippen molar-refractivity contribution in [1.29, 1.82) is 0 Å². The van der Waals surface area contributed by atoms with Gasteiger partial charge in [0.25, 0.3) is 0 Å². The second-order valence-electron chi connectivity index (χ2n) is 3.59.